The molecule has 0 radical (unpaired) electrons. The zero-order valence-electron chi connectivity index (χ0n) is 8.67. The SMILES string of the molecule is Oc1ccc(NCC2CCCC2)cc1F. The second kappa shape index (κ2) is 4.51. The monoisotopic (exact) mass is 209 g/mol. The summed E-state index contributed by atoms with van der Waals surface area (Å²) in [5, 5.41) is 12.2. The van der Waals surface area contributed by atoms with E-state index < -0.39 is 5.82 Å². The number of phenolic OH excluding ortho intramolecular Hbond substituents is 1. The third kappa shape index (κ3) is 2.61. The summed E-state index contributed by atoms with van der Waals surface area (Å²) in [5.74, 6) is -0.130. The first-order chi connectivity index (χ1) is 7.25. The summed E-state index contributed by atoms with van der Waals surface area (Å²) in [6, 6.07) is 4.42. The number of hydrogen-bond donors (Lipinski definition) is 2. The van der Waals surface area contributed by atoms with E-state index in [1.807, 2.05) is 0 Å². The van der Waals surface area contributed by atoms with Crippen LogP contribution in [-0.2, 0) is 0 Å². The highest BCUT2D eigenvalue weighted by Crippen LogP contribution is 2.25. The number of halogens is 1. The van der Waals surface area contributed by atoms with E-state index in [2.05, 4.69) is 5.32 Å². The van der Waals surface area contributed by atoms with Crippen molar-refractivity contribution >= 4 is 5.69 Å². The molecule has 0 bridgehead atoms. The van der Waals surface area contributed by atoms with Gasteiger partial charge in [0.25, 0.3) is 0 Å². The molecule has 0 atom stereocenters. The molecular formula is C12H16FNO. The van der Waals surface area contributed by atoms with Gasteiger partial charge < -0.3 is 10.4 Å². The van der Waals surface area contributed by atoms with Gasteiger partial charge in [-0.05, 0) is 30.9 Å². The van der Waals surface area contributed by atoms with Gasteiger partial charge in [-0.2, -0.15) is 0 Å². The van der Waals surface area contributed by atoms with Crippen molar-refractivity contribution in [3.05, 3.63) is 24.0 Å². The second-order valence-electron chi connectivity index (χ2n) is 4.20. The highest BCUT2D eigenvalue weighted by molar-refractivity contribution is 5.46. The highest BCUT2D eigenvalue weighted by atomic mass is 19.1. The highest BCUT2D eigenvalue weighted by Gasteiger charge is 2.14. The van der Waals surface area contributed by atoms with Gasteiger partial charge in [0, 0.05) is 18.3 Å². The van der Waals surface area contributed by atoms with Crippen molar-refractivity contribution in [2.75, 3.05) is 11.9 Å². The Hall–Kier alpha value is -1.25. The predicted octanol–water partition coefficient (Wildman–Crippen LogP) is 3.13. The van der Waals surface area contributed by atoms with Crippen LogP contribution in [-0.4, -0.2) is 11.7 Å². The number of hydrogen-bond acceptors (Lipinski definition) is 2. The molecule has 2 rings (SSSR count). The van der Waals surface area contributed by atoms with Crippen LogP contribution < -0.4 is 5.32 Å². The number of aromatic hydroxyl groups is 1. The van der Waals surface area contributed by atoms with Crippen LogP contribution in [0.3, 0.4) is 0 Å². The maximum atomic E-state index is 13.0. The molecule has 0 heterocycles. The Bertz CT molecular complexity index is 334. The summed E-state index contributed by atoms with van der Waals surface area (Å²) in [6.45, 7) is 0.907. The molecule has 1 aliphatic rings. The predicted molar refractivity (Wildman–Crippen MR) is 58.5 cm³/mol. The maximum absolute atomic E-state index is 13.0. The van der Waals surface area contributed by atoms with Crippen molar-refractivity contribution in [1.29, 1.82) is 0 Å². The molecule has 0 amide bonds. The van der Waals surface area contributed by atoms with E-state index in [-0.39, 0.29) is 5.75 Å². The van der Waals surface area contributed by atoms with Crippen LogP contribution >= 0.6 is 0 Å². The van der Waals surface area contributed by atoms with Crippen molar-refractivity contribution in [3.8, 4) is 5.75 Å². The van der Waals surface area contributed by atoms with E-state index in [4.69, 9.17) is 5.11 Å². The Morgan fingerprint density at radius 2 is 2.07 bits per heavy atom. The Kier molecular flexibility index (Phi) is 3.09. The maximum Gasteiger partial charge on any atom is 0.166 e. The van der Waals surface area contributed by atoms with Crippen molar-refractivity contribution in [3.63, 3.8) is 0 Å². The zero-order chi connectivity index (χ0) is 10.7. The Morgan fingerprint density at radius 1 is 1.33 bits per heavy atom. The first-order valence-electron chi connectivity index (χ1n) is 5.48. The zero-order valence-corrected chi connectivity index (χ0v) is 8.67. The molecule has 0 unspecified atom stereocenters. The topological polar surface area (TPSA) is 32.3 Å². The molecule has 1 aliphatic carbocycles. The molecule has 1 fully saturated rings. The lowest BCUT2D eigenvalue weighted by Gasteiger charge is -2.11. The molecule has 0 aromatic heterocycles. The minimum absolute atomic E-state index is 0.290. The molecule has 82 valence electrons. The van der Waals surface area contributed by atoms with E-state index in [1.54, 1.807) is 6.07 Å². The van der Waals surface area contributed by atoms with Crippen LogP contribution in [0.5, 0.6) is 5.75 Å². The normalized spacial score (nSPS) is 16.9. The lowest BCUT2D eigenvalue weighted by atomic mass is 10.1. The van der Waals surface area contributed by atoms with Crippen molar-refractivity contribution in [2.24, 2.45) is 5.92 Å². The van der Waals surface area contributed by atoms with E-state index in [0.29, 0.717) is 0 Å². The average Bonchev–Trinajstić information content (AvgIpc) is 2.73. The number of phenols is 1. The molecule has 1 aromatic carbocycles. The van der Waals surface area contributed by atoms with Gasteiger partial charge in [-0.25, -0.2) is 4.39 Å². The first kappa shape index (κ1) is 10.3. The summed E-state index contributed by atoms with van der Waals surface area (Å²) < 4.78 is 13.0. The summed E-state index contributed by atoms with van der Waals surface area (Å²) in [7, 11) is 0. The van der Waals surface area contributed by atoms with Crippen LogP contribution in [0.4, 0.5) is 10.1 Å². The lowest BCUT2D eigenvalue weighted by molar-refractivity contribution is 0.432. The fourth-order valence-electron chi connectivity index (χ4n) is 2.09. The van der Waals surface area contributed by atoms with Crippen LogP contribution in [0, 0.1) is 11.7 Å². The Balaban J connectivity index is 1.90. The number of anilines is 1. The summed E-state index contributed by atoms with van der Waals surface area (Å²) in [6.07, 6.45) is 5.17. The third-order valence-electron chi connectivity index (χ3n) is 3.02. The van der Waals surface area contributed by atoms with Gasteiger partial charge in [0.2, 0.25) is 0 Å². The fraction of sp³-hybridized carbons (Fsp3) is 0.500. The van der Waals surface area contributed by atoms with Crippen molar-refractivity contribution in [2.45, 2.75) is 25.7 Å². The third-order valence-corrected chi connectivity index (χ3v) is 3.02. The van der Waals surface area contributed by atoms with Crippen LogP contribution in [0.25, 0.3) is 0 Å². The van der Waals surface area contributed by atoms with Gasteiger partial charge in [0.1, 0.15) is 0 Å². The molecule has 0 aliphatic heterocycles. The lowest BCUT2D eigenvalue weighted by Crippen LogP contribution is -2.10. The van der Waals surface area contributed by atoms with Gasteiger partial charge in [0.15, 0.2) is 11.6 Å². The summed E-state index contributed by atoms with van der Waals surface area (Å²) in [5.41, 5.74) is 0.747. The molecule has 1 aromatic rings. The quantitative estimate of drug-likeness (QED) is 0.749. The molecule has 15 heavy (non-hydrogen) atoms. The second-order valence-corrected chi connectivity index (χ2v) is 4.20. The van der Waals surface area contributed by atoms with E-state index in [9.17, 15) is 4.39 Å². The number of nitrogens with one attached hydrogen (secondary N) is 1. The van der Waals surface area contributed by atoms with Crippen LogP contribution in [0.1, 0.15) is 25.7 Å². The van der Waals surface area contributed by atoms with Crippen LogP contribution in [0.2, 0.25) is 0 Å². The molecule has 0 saturated heterocycles. The summed E-state index contributed by atoms with van der Waals surface area (Å²) in [4.78, 5) is 0. The van der Waals surface area contributed by atoms with Gasteiger partial charge in [-0.3, -0.25) is 0 Å². The van der Waals surface area contributed by atoms with Crippen LogP contribution in [0.15, 0.2) is 18.2 Å². The number of benzene rings is 1. The van der Waals surface area contributed by atoms with E-state index in [1.165, 1.54) is 37.8 Å². The van der Waals surface area contributed by atoms with Gasteiger partial charge in [-0.1, -0.05) is 12.8 Å². The molecular weight excluding hydrogens is 193 g/mol. The molecule has 2 nitrogen and oxygen atoms in total. The Morgan fingerprint density at radius 3 is 2.73 bits per heavy atom. The average molecular weight is 209 g/mol. The largest absolute Gasteiger partial charge is 0.505 e. The van der Waals surface area contributed by atoms with E-state index in [0.717, 1.165) is 18.2 Å². The van der Waals surface area contributed by atoms with Gasteiger partial charge in [0.05, 0.1) is 0 Å². The Labute approximate surface area is 89.1 Å². The first-order valence-corrected chi connectivity index (χ1v) is 5.48. The fourth-order valence-corrected chi connectivity index (χ4v) is 2.09. The standard InChI is InChI=1S/C12H16FNO/c13-11-7-10(5-6-12(11)15)14-8-9-3-1-2-4-9/h5-7,9,14-15H,1-4,8H2. The number of rotatable bonds is 3. The molecule has 2 N–H and O–H groups in total. The van der Waals surface area contributed by atoms with Crippen molar-refractivity contribution < 1.29 is 9.50 Å². The molecule has 3 heteroatoms. The van der Waals surface area contributed by atoms with Gasteiger partial charge in [-0.15, -0.1) is 0 Å². The minimum Gasteiger partial charge on any atom is -0.505 e. The van der Waals surface area contributed by atoms with Gasteiger partial charge >= 0.3 is 0 Å². The van der Waals surface area contributed by atoms with Crippen molar-refractivity contribution in [1.82, 2.24) is 0 Å². The minimum atomic E-state index is -0.563. The van der Waals surface area contributed by atoms with E-state index >= 15 is 0 Å². The molecule has 1 saturated carbocycles. The smallest absolute Gasteiger partial charge is 0.166 e. The summed E-state index contributed by atoms with van der Waals surface area (Å²) >= 11 is 0. The molecule has 0 spiro atoms.